The number of allylic oxidation sites excluding steroid dienone is 3. The van der Waals surface area contributed by atoms with Crippen LogP contribution in [0.3, 0.4) is 0 Å². The van der Waals surface area contributed by atoms with Crippen LogP contribution in [-0.2, 0) is 11.8 Å². The number of rotatable bonds is 11. The Morgan fingerprint density at radius 1 is 1.00 bits per heavy atom. The standard InChI is InChI=1S/C37H52N4.C6H11N.C2H6/c1-6-30-12-13-34(22-28(30)4)37-18-15-36(16-19-37,17-20-37)26-41(29(5)31-10-8-7-9-11-31)35-23-32(14-21-39-35)33(24-38)25-40-27(2)3;1-6(2)7-4-3-5-7;1-2/h12-14,21-25,27,31H,5-11,15-20,26,38H2,1-4H3;1,3-5H2,2H3;1-2H3/b33-24+,40-25?;;. The van der Waals surface area contributed by atoms with Crippen molar-refractivity contribution in [3.63, 3.8) is 0 Å². The Hall–Kier alpha value is -3.34. The van der Waals surface area contributed by atoms with Gasteiger partial charge in [-0.15, -0.1) is 0 Å². The van der Waals surface area contributed by atoms with Gasteiger partial charge in [-0.1, -0.05) is 71.4 Å². The van der Waals surface area contributed by atoms with Crippen molar-refractivity contribution in [3.8, 4) is 0 Å². The molecule has 1 aliphatic heterocycles. The zero-order valence-corrected chi connectivity index (χ0v) is 32.9. The van der Waals surface area contributed by atoms with Gasteiger partial charge in [0.05, 0.1) is 0 Å². The zero-order chi connectivity index (χ0) is 36.3. The van der Waals surface area contributed by atoms with Crippen LogP contribution in [0.25, 0.3) is 5.57 Å². The largest absolute Gasteiger partial charge is 0.404 e. The Balaban J connectivity index is 0.000000549. The minimum Gasteiger partial charge on any atom is -0.404 e. The minimum absolute atomic E-state index is 0.228. The van der Waals surface area contributed by atoms with E-state index in [1.165, 1.54) is 113 Å². The third-order valence-corrected chi connectivity index (χ3v) is 12.1. The molecule has 4 saturated carbocycles. The summed E-state index contributed by atoms with van der Waals surface area (Å²) in [5, 5.41) is 0. The van der Waals surface area contributed by atoms with Crippen molar-refractivity contribution in [1.29, 1.82) is 0 Å². The molecule has 0 radical (unpaired) electrons. The molecule has 2 aromatic rings. The summed E-state index contributed by atoms with van der Waals surface area (Å²) in [6, 6.07) is 11.8. The zero-order valence-electron chi connectivity index (χ0n) is 32.9. The summed E-state index contributed by atoms with van der Waals surface area (Å²) in [7, 11) is 0. The van der Waals surface area contributed by atoms with E-state index in [-0.39, 0.29) is 6.04 Å². The lowest BCUT2D eigenvalue weighted by atomic mass is 9.51. The van der Waals surface area contributed by atoms with E-state index < -0.39 is 0 Å². The monoisotopic (exact) mass is 680 g/mol. The number of likely N-dealkylation sites (tertiary alicyclic amines) is 1. The summed E-state index contributed by atoms with van der Waals surface area (Å²) in [5.74, 6) is 1.56. The number of nitrogens with zero attached hydrogens (tertiary/aromatic N) is 4. The highest BCUT2D eigenvalue weighted by Crippen LogP contribution is 2.58. The summed E-state index contributed by atoms with van der Waals surface area (Å²) in [4.78, 5) is 14.3. The predicted molar refractivity (Wildman–Crippen MR) is 218 cm³/mol. The van der Waals surface area contributed by atoms with E-state index in [2.05, 4.69) is 86.3 Å². The molecular weight excluding hydrogens is 611 g/mol. The van der Waals surface area contributed by atoms with Gasteiger partial charge >= 0.3 is 0 Å². The first-order valence-corrected chi connectivity index (χ1v) is 20.0. The van der Waals surface area contributed by atoms with Crippen molar-refractivity contribution < 1.29 is 0 Å². The second-order valence-electron chi connectivity index (χ2n) is 15.7. The smallest absolute Gasteiger partial charge is 0.133 e. The van der Waals surface area contributed by atoms with Gasteiger partial charge in [-0.05, 0) is 143 Å². The Bertz CT molecular complexity index is 1450. The number of pyridine rings is 1. The second-order valence-corrected chi connectivity index (χ2v) is 15.7. The van der Waals surface area contributed by atoms with Crippen molar-refractivity contribution in [2.75, 3.05) is 24.5 Å². The van der Waals surface area contributed by atoms with Crippen LogP contribution in [0.5, 0.6) is 0 Å². The molecule has 1 saturated heterocycles. The molecule has 1 aromatic heterocycles. The molecule has 5 nitrogen and oxygen atoms in total. The third-order valence-electron chi connectivity index (χ3n) is 12.1. The molecule has 0 atom stereocenters. The van der Waals surface area contributed by atoms with Crippen LogP contribution in [0.1, 0.15) is 141 Å². The van der Waals surface area contributed by atoms with Crippen molar-refractivity contribution in [2.45, 2.75) is 143 Å². The lowest BCUT2D eigenvalue weighted by Gasteiger charge is -2.55. The minimum atomic E-state index is 0.228. The van der Waals surface area contributed by atoms with Crippen LogP contribution in [-0.4, -0.2) is 41.8 Å². The predicted octanol–water partition coefficient (Wildman–Crippen LogP) is 11.2. The van der Waals surface area contributed by atoms with Crippen molar-refractivity contribution in [2.24, 2.45) is 22.1 Å². The summed E-state index contributed by atoms with van der Waals surface area (Å²) in [5.41, 5.74) is 15.8. The number of nitrogens with two attached hydrogens (primary N) is 1. The second kappa shape index (κ2) is 18.2. The van der Waals surface area contributed by atoms with Crippen LogP contribution in [0.15, 0.2) is 72.3 Å². The highest BCUT2D eigenvalue weighted by Gasteiger charge is 2.50. The van der Waals surface area contributed by atoms with Gasteiger partial charge < -0.3 is 15.5 Å². The number of hydrogen-bond donors (Lipinski definition) is 1. The normalized spacial score (nSPS) is 23.4. The summed E-state index contributed by atoms with van der Waals surface area (Å²) in [6.45, 7) is 26.8. The fraction of sp³-hybridized carbons (Fsp3) is 0.600. The molecule has 274 valence electrons. The topological polar surface area (TPSA) is 57.8 Å². The molecular formula is C45H69N5. The first-order chi connectivity index (χ1) is 24.1. The third kappa shape index (κ3) is 9.50. The van der Waals surface area contributed by atoms with Gasteiger partial charge in [0.2, 0.25) is 0 Å². The van der Waals surface area contributed by atoms with E-state index in [1.807, 2.05) is 26.3 Å². The van der Waals surface area contributed by atoms with Gasteiger partial charge in [-0.25, -0.2) is 4.98 Å². The van der Waals surface area contributed by atoms with Crippen LogP contribution in [0.2, 0.25) is 0 Å². The van der Waals surface area contributed by atoms with Gasteiger partial charge in [-0.3, -0.25) is 4.99 Å². The molecule has 0 spiro atoms. The van der Waals surface area contributed by atoms with E-state index in [4.69, 9.17) is 17.3 Å². The molecule has 2 bridgehead atoms. The van der Waals surface area contributed by atoms with Gasteiger partial charge in [0, 0.05) is 61.3 Å². The molecule has 2 heterocycles. The van der Waals surface area contributed by atoms with Crippen LogP contribution >= 0.6 is 0 Å². The quantitative estimate of drug-likeness (QED) is 0.240. The molecule has 4 aliphatic carbocycles. The van der Waals surface area contributed by atoms with E-state index in [0.29, 0.717) is 16.7 Å². The van der Waals surface area contributed by atoms with Gasteiger partial charge in [0.15, 0.2) is 0 Å². The van der Waals surface area contributed by atoms with Crippen LogP contribution in [0.4, 0.5) is 5.82 Å². The van der Waals surface area contributed by atoms with Crippen LogP contribution < -0.4 is 10.6 Å². The Morgan fingerprint density at radius 2 is 1.66 bits per heavy atom. The van der Waals surface area contributed by atoms with Gasteiger partial charge in [-0.2, -0.15) is 0 Å². The van der Waals surface area contributed by atoms with Crippen molar-refractivity contribution >= 4 is 17.6 Å². The molecule has 2 N–H and O–H groups in total. The summed E-state index contributed by atoms with van der Waals surface area (Å²) in [6.07, 6.45) is 22.1. The number of anilines is 1. The number of aromatic nitrogens is 1. The maximum absolute atomic E-state index is 6.07. The van der Waals surface area contributed by atoms with E-state index >= 15 is 0 Å². The maximum atomic E-state index is 6.07. The number of benzene rings is 1. The van der Waals surface area contributed by atoms with Gasteiger partial charge in [0.1, 0.15) is 5.82 Å². The molecule has 1 aromatic carbocycles. The lowest BCUT2D eigenvalue weighted by Crippen LogP contribution is -2.49. The first kappa shape index (κ1) is 39.4. The highest BCUT2D eigenvalue weighted by atomic mass is 15.2. The Morgan fingerprint density at radius 3 is 2.16 bits per heavy atom. The molecule has 5 aliphatic rings. The molecule has 5 fully saturated rings. The van der Waals surface area contributed by atoms with E-state index in [0.717, 1.165) is 29.9 Å². The number of hydrogen-bond acceptors (Lipinski definition) is 5. The summed E-state index contributed by atoms with van der Waals surface area (Å²) >= 11 is 0. The molecule has 50 heavy (non-hydrogen) atoms. The number of aryl methyl sites for hydroxylation is 2. The fourth-order valence-corrected chi connectivity index (χ4v) is 8.56. The number of fused-ring (bicyclic) bond motifs is 3. The lowest BCUT2D eigenvalue weighted by molar-refractivity contribution is 0.0459. The number of aliphatic imine (C=N–C) groups is 1. The van der Waals surface area contributed by atoms with Crippen molar-refractivity contribution in [3.05, 3.63) is 89.5 Å². The molecule has 0 amide bonds. The van der Waals surface area contributed by atoms with E-state index in [9.17, 15) is 0 Å². The molecule has 0 unspecified atom stereocenters. The average Bonchev–Trinajstić information content (AvgIpc) is 3.12. The van der Waals surface area contributed by atoms with E-state index in [1.54, 1.807) is 11.8 Å². The molecule has 7 rings (SSSR count). The Kier molecular flexibility index (Phi) is 14.4. The first-order valence-electron chi connectivity index (χ1n) is 20.0. The van der Waals surface area contributed by atoms with Crippen molar-refractivity contribution in [1.82, 2.24) is 9.88 Å². The average molecular weight is 680 g/mol. The van der Waals surface area contributed by atoms with Crippen LogP contribution in [0, 0.1) is 18.3 Å². The summed E-state index contributed by atoms with van der Waals surface area (Å²) < 4.78 is 0. The highest BCUT2D eigenvalue weighted by molar-refractivity contribution is 6.09. The fourth-order valence-electron chi connectivity index (χ4n) is 8.56. The molecule has 5 heteroatoms. The maximum Gasteiger partial charge on any atom is 0.133 e. The SMILES string of the molecule is C=C(C)N1CCC1.C=C(C1CCCCC1)N(CC12CCC(c3ccc(CC)c(C)c3)(CC1)CC2)c1cc(/C(C=NC(C)C)=C/N)ccn1.CC. The van der Waals surface area contributed by atoms with Gasteiger partial charge in [0.25, 0.3) is 0 Å². The Labute approximate surface area is 306 Å².